The van der Waals surface area contributed by atoms with Crippen LogP contribution in [-0.2, 0) is 6.54 Å². The average Bonchev–Trinajstić information content (AvgIpc) is 3.16. The van der Waals surface area contributed by atoms with E-state index >= 15 is 0 Å². The molecule has 1 saturated carbocycles. The summed E-state index contributed by atoms with van der Waals surface area (Å²) >= 11 is 0. The van der Waals surface area contributed by atoms with Crippen LogP contribution in [0.25, 0.3) is 0 Å². The van der Waals surface area contributed by atoms with Crippen molar-refractivity contribution >= 4 is 11.8 Å². The van der Waals surface area contributed by atoms with E-state index in [-0.39, 0.29) is 6.03 Å². The Kier molecular flexibility index (Phi) is 5.90. The first kappa shape index (κ1) is 18.9. The Bertz CT molecular complexity index is 760. The van der Waals surface area contributed by atoms with Gasteiger partial charge in [-0.3, -0.25) is 15.2 Å². The molecule has 0 bridgehead atoms. The van der Waals surface area contributed by atoms with Gasteiger partial charge in [-0.2, -0.15) is 5.10 Å². The van der Waals surface area contributed by atoms with Crippen LogP contribution < -0.4 is 5.32 Å². The lowest BCUT2D eigenvalue weighted by Gasteiger charge is -2.41. The van der Waals surface area contributed by atoms with Gasteiger partial charge in [-0.1, -0.05) is 13.0 Å². The molecular weight excluding hydrogens is 352 g/mol. The number of carbonyl (C=O) groups excluding carboxylic acids is 1. The van der Waals surface area contributed by atoms with E-state index in [1.54, 1.807) is 17.1 Å². The van der Waals surface area contributed by atoms with E-state index in [4.69, 9.17) is 0 Å². The molecule has 2 aromatic rings. The normalized spacial score (nSPS) is 23.5. The fourth-order valence-corrected chi connectivity index (χ4v) is 4.30. The smallest absolute Gasteiger partial charge is 0.322 e. The monoisotopic (exact) mass is 382 g/mol. The summed E-state index contributed by atoms with van der Waals surface area (Å²) in [4.78, 5) is 21.6. The fourth-order valence-electron chi connectivity index (χ4n) is 4.30. The molecule has 28 heavy (non-hydrogen) atoms. The largest absolute Gasteiger partial charge is 0.323 e. The van der Waals surface area contributed by atoms with Crippen LogP contribution in [0.3, 0.4) is 0 Å². The van der Waals surface area contributed by atoms with Crippen LogP contribution in [0.2, 0.25) is 0 Å². The first-order valence-corrected chi connectivity index (χ1v) is 10.4. The number of nitrogens with zero attached hydrogens (tertiary/aromatic N) is 5. The summed E-state index contributed by atoms with van der Waals surface area (Å²) in [5, 5.41) is 7.35. The van der Waals surface area contributed by atoms with Gasteiger partial charge in [-0.05, 0) is 43.7 Å². The number of piperazine rings is 1. The molecule has 3 heterocycles. The van der Waals surface area contributed by atoms with Crippen molar-refractivity contribution in [3.63, 3.8) is 0 Å². The van der Waals surface area contributed by atoms with E-state index in [9.17, 15) is 4.79 Å². The van der Waals surface area contributed by atoms with Crippen molar-refractivity contribution in [2.75, 3.05) is 31.5 Å². The van der Waals surface area contributed by atoms with Crippen LogP contribution >= 0.6 is 0 Å². The van der Waals surface area contributed by atoms with Gasteiger partial charge in [0, 0.05) is 44.5 Å². The Balaban J connectivity index is 1.29. The van der Waals surface area contributed by atoms with Crippen LogP contribution in [0, 0.1) is 5.92 Å². The molecule has 0 unspecified atom stereocenters. The zero-order chi connectivity index (χ0) is 19.3. The number of anilines is 1. The molecule has 150 valence electrons. The molecule has 1 aliphatic heterocycles. The van der Waals surface area contributed by atoms with Crippen molar-refractivity contribution in [1.29, 1.82) is 0 Å². The van der Waals surface area contributed by atoms with E-state index in [0.717, 1.165) is 37.8 Å². The second-order valence-corrected chi connectivity index (χ2v) is 8.06. The van der Waals surface area contributed by atoms with Gasteiger partial charge in [0.15, 0.2) is 0 Å². The van der Waals surface area contributed by atoms with Gasteiger partial charge < -0.3 is 4.90 Å². The molecule has 4 rings (SSSR count). The summed E-state index contributed by atoms with van der Waals surface area (Å²) in [6.07, 6.45) is 8.77. The van der Waals surface area contributed by atoms with Crippen molar-refractivity contribution < 1.29 is 4.79 Å². The molecule has 2 amide bonds. The molecule has 0 atom stereocenters. The number of urea groups is 1. The highest BCUT2D eigenvalue weighted by molar-refractivity contribution is 5.88. The topological polar surface area (TPSA) is 66.3 Å². The summed E-state index contributed by atoms with van der Waals surface area (Å²) in [7, 11) is 0. The molecule has 1 aliphatic carbocycles. The average molecular weight is 383 g/mol. The standard InChI is InChI=1S/C21H30N6O/c1-17-5-7-19(8-6-17)25-12-14-26(15-13-25)21(28)24-20-9-11-23-27(20)16-18-4-2-3-10-22-18/h2-4,9-11,17,19H,5-8,12-16H2,1H3,(H,24,28). The summed E-state index contributed by atoms with van der Waals surface area (Å²) in [5.41, 5.74) is 0.914. The second-order valence-electron chi connectivity index (χ2n) is 8.06. The van der Waals surface area contributed by atoms with Gasteiger partial charge in [-0.25, -0.2) is 9.48 Å². The van der Waals surface area contributed by atoms with E-state index < -0.39 is 0 Å². The third-order valence-electron chi connectivity index (χ3n) is 6.09. The van der Waals surface area contributed by atoms with Gasteiger partial charge in [0.2, 0.25) is 0 Å². The molecule has 2 fully saturated rings. The molecule has 0 radical (unpaired) electrons. The van der Waals surface area contributed by atoms with Gasteiger partial charge in [0.05, 0.1) is 18.4 Å². The van der Waals surface area contributed by atoms with Crippen molar-refractivity contribution in [2.24, 2.45) is 5.92 Å². The van der Waals surface area contributed by atoms with Crippen LogP contribution in [0.1, 0.15) is 38.3 Å². The number of carbonyl (C=O) groups is 1. The quantitative estimate of drug-likeness (QED) is 0.883. The van der Waals surface area contributed by atoms with Gasteiger partial charge >= 0.3 is 6.03 Å². The molecule has 7 nitrogen and oxygen atoms in total. The minimum Gasteiger partial charge on any atom is -0.322 e. The number of hydrogen-bond donors (Lipinski definition) is 1. The van der Waals surface area contributed by atoms with Gasteiger partial charge in [0.1, 0.15) is 5.82 Å². The lowest BCUT2D eigenvalue weighted by molar-refractivity contribution is 0.0864. The SMILES string of the molecule is CC1CCC(N2CCN(C(=O)Nc3ccnn3Cc3ccccn3)CC2)CC1. The Morgan fingerprint density at radius 1 is 1.07 bits per heavy atom. The molecule has 2 aromatic heterocycles. The summed E-state index contributed by atoms with van der Waals surface area (Å²) in [6, 6.07) is 8.30. The first-order valence-electron chi connectivity index (χ1n) is 10.4. The predicted molar refractivity (Wildman–Crippen MR) is 109 cm³/mol. The molecular formula is C21H30N6O. The van der Waals surface area contributed by atoms with Crippen LogP contribution in [0.15, 0.2) is 36.7 Å². The highest BCUT2D eigenvalue weighted by atomic mass is 16.2. The number of pyridine rings is 1. The van der Waals surface area contributed by atoms with E-state index in [0.29, 0.717) is 18.4 Å². The molecule has 7 heteroatoms. The highest BCUT2D eigenvalue weighted by Crippen LogP contribution is 2.27. The predicted octanol–water partition coefficient (Wildman–Crippen LogP) is 3.05. The van der Waals surface area contributed by atoms with Crippen LogP contribution in [0.5, 0.6) is 0 Å². The Morgan fingerprint density at radius 2 is 1.86 bits per heavy atom. The molecule has 1 saturated heterocycles. The minimum absolute atomic E-state index is 0.0420. The minimum atomic E-state index is -0.0420. The maximum Gasteiger partial charge on any atom is 0.323 e. The summed E-state index contributed by atoms with van der Waals surface area (Å²) < 4.78 is 1.78. The Morgan fingerprint density at radius 3 is 2.57 bits per heavy atom. The fraction of sp³-hybridized carbons (Fsp3) is 0.571. The van der Waals surface area contributed by atoms with E-state index in [2.05, 4.69) is 27.2 Å². The van der Waals surface area contributed by atoms with Gasteiger partial charge in [0.25, 0.3) is 0 Å². The van der Waals surface area contributed by atoms with Crippen molar-refractivity contribution in [3.05, 3.63) is 42.4 Å². The lowest BCUT2D eigenvalue weighted by atomic mass is 9.86. The third kappa shape index (κ3) is 4.52. The zero-order valence-corrected chi connectivity index (χ0v) is 16.6. The van der Waals surface area contributed by atoms with Crippen molar-refractivity contribution in [3.8, 4) is 0 Å². The third-order valence-corrected chi connectivity index (χ3v) is 6.09. The summed E-state index contributed by atoms with van der Waals surface area (Å²) in [6.45, 7) is 6.41. The maximum atomic E-state index is 12.7. The second kappa shape index (κ2) is 8.73. The van der Waals surface area contributed by atoms with Crippen LogP contribution in [-0.4, -0.2) is 62.8 Å². The number of nitrogens with one attached hydrogen (secondary N) is 1. The lowest BCUT2D eigenvalue weighted by Crippen LogP contribution is -2.53. The number of aromatic nitrogens is 3. The summed E-state index contributed by atoms with van der Waals surface area (Å²) in [5.74, 6) is 1.58. The molecule has 0 spiro atoms. The Hall–Kier alpha value is -2.41. The maximum absolute atomic E-state index is 12.7. The first-order chi connectivity index (χ1) is 13.7. The highest BCUT2D eigenvalue weighted by Gasteiger charge is 2.28. The van der Waals surface area contributed by atoms with Gasteiger partial charge in [-0.15, -0.1) is 0 Å². The van der Waals surface area contributed by atoms with Crippen LogP contribution in [0.4, 0.5) is 10.6 Å². The molecule has 0 aromatic carbocycles. The van der Waals surface area contributed by atoms with Crippen molar-refractivity contribution in [2.45, 2.75) is 45.2 Å². The number of hydrogen-bond acceptors (Lipinski definition) is 4. The number of rotatable bonds is 4. The Labute approximate surface area is 166 Å². The molecule has 1 N–H and O–H groups in total. The molecule has 2 aliphatic rings. The number of amides is 2. The van der Waals surface area contributed by atoms with E-state index in [1.807, 2.05) is 29.2 Å². The zero-order valence-electron chi connectivity index (χ0n) is 16.6. The van der Waals surface area contributed by atoms with E-state index in [1.165, 1.54) is 25.7 Å². The van der Waals surface area contributed by atoms with Crippen molar-refractivity contribution in [1.82, 2.24) is 24.6 Å².